The Balaban J connectivity index is 1.84. The number of anilines is 2. The predicted molar refractivity (Wildman–Crippen MR) is 95.6 cm³/mol. The maximum atomic E-state index is 12.1. The van der Waals surface area contributed by atoms with Gasteiger partial charge in [-0.2, -0.15) is 8.78 Å². The fourth-order valence-corrected chi connectivity index (χ4v) is 2.27. The van der Waals surface area contributed by atoms with Crippen molar-refractivity contribution >= 4 is 23.2 Å². The van der Waals surface area contributed by atoms with Crippen molar-refractivity contribution in [1.82, 2.24) is 0 Å². The summed E-state index contributed by atoms with van der Waals surface area (Å²) < 4.78 is 28.5. The first-order chi connectivity index (χ1) is 12.3. The zero-order valence-corrected chi connectivity index (χ0v) is 14.5. The molecule has 5 nitrogen and oxygen atoms in total. The molecule has 1 N–H and O–H groups in total. The Hall–Kier alpha value is -2.96. The highest BCUT2D eigenvalue weighted by Crippen LogP contribution is 2.18. The summed E-state index contributed by atoms with van der Waals surface area (Å²) in [7, 11) is 1.67. The van der Waals surface area contributed by atoms with Gasteiger partial charge in [-0.3, -0.25) is 9.59 Å². The van der Waals surface area contributed by atoms with Gasteiger partial charge in [-0.25, -0.2) is 0 Å². The third kappa shape index (κ3) is 5.84. The highest BCUT2D eigenvalue weighted by Gasteiger charge is 2.08. The molecule has 0 atom stereocenters. The zero-order chi connectivity index (χ0) is 19.1. The molecule has 0 aromatic heterocycles. The summed E-state index contributed by atoms with van der Waals surface area (Å²) >= 11 is 0. The van der Waals surface area contributed by atoms with Crippen LogP contribution in [0.5, 0.6) is 5.75 Å². The van der Waals surface area contributed by atoms with Gasteiger partial charge < -0.3 is 15.0 Å². The van der Waals surface area contributed by atoms with Crippen molar-refractivity contribution in [3.05, 3.63) is 54.1 Å². The van der Waals surface area contributed by atoms with Crippen LogP contribution in [0.2, 0.25) is 0 Å². The molecule has 7 heteroatoms. The lowest BCUT2D eigenvalue weighted by Crippen LogP contribution is -2.22. The monoisotopic (exact) mass is 362 g/mol. The molecular formula is C19H20F2N2O3. The minimum atomic E-state index is -2.85. The van der Waals surface area contributed by atoms with Gasteiger partial charge in [-0.05, 0) is 48.4 Å². The number of benzene rings is 2. The molecule has 0 heterocycles. The number of nitrogens with one attached hydrogen (secondary N) is 1. The number of carbonyl (C=O) groups is 2. The van der Waals surface area contributed by atoms with Crippen molar-refractivity contribution in [2.24, 2.45) is 0 Å². The standard InChI is InChI=1S/C19H20F2N2O3/c1-13(24)23(2)16-8-6-15(7-9-16)22-18(25)12-5-14-3-10-17(11-4-14)26-19(20)21/h3-4,6-11,19H,5,12H2,1-2H3,(H,22,25). The number of ether oxygens (including phenoxy) is 1. The van der Waals surface area contributed by atoms with Crippen LogP contribution >= 0.6 is 0 Å². The molecule has 0 radical (unpaired) electrons. The van der Waals surface area contributed by atoms with Gasteiger partial charge in [0.05, 0.1) is 0 Å². The molecule has 0 aliphatic carbocycles. The fourth-order valence-electron chi connectivity index (χ4n) is 2.27. The predicted octanol–water partition coefficient (Wildman–Crippen LogP) is 3.84. The first kappa shape index (κ1) is 19.4. The van der Waals surface area contributed by atoms with Gasteiger partial charge in [0.25, 0.3) is 0 Å². The Morgan fingerprint density at radius 2 is 1.69 bits per heavy atom. The van der Waals surface area contributed by atoms with Gasteiger partial charge in [-0.15, -0.1) is 0 Å². The second kappa shape index (κ2) is 8.94. The van der Waals surface area contributed by atoms with Crippen molar-refractivity contribution in [2.45, 2.75) is 26.4 Å². The Kier molecular flexibility index (Phi) is 6.66. The minimum absolute atomic E-state index is 0.0771. The minimum Gasteiger partial charge on any atom is -0.435 e. The first-order valence-electron chi connectivity index (χ1n) is 8.03. The van der Waals surface area contributed by atoms with Crippen molar-refractivity contribution in [2.75, 3.05) is 17.3 Å². The molecule has 0 aliphatic rings. The number of alkyl halides is 2. The van der Waals surface area contributed by atoms with Gasteiger partial charge in [0, 0.05) is 31.8 Å². The quantitative estimate of drug-likeness (QED) is 0.814. The van der Waals surface area contributed by atoms with E-state index < -0.39 is 6.61 Å². The van der Waals surface area contributed by atoms with Crippen LogP contribution in [0.3, 0.4) is 0 Å². The molecular weight excluding hydrogens is 342 g/mol. The van der Waals surface area contributed by atoms with Crippen LogP contribution in [0.15, 0.2) is 48.5 Å². The van der Waals surface area contributed by atoms with Gasteiger partial charge in [0.15, 0.2) is 0 Å². The van der Waals surface area contributed by atoms with Crippen molar-refractivity contribution < 1.29 is 23.1 Å². The van der Waals surface area contributed by atoms with Crippen LogP contribution in [0, 0.1) is 0 Å². The van der Waals surface area contributed by atoms with E-state index in [1.807, 2.05) is 0 Å². The van der Waals surface area contributed by atoms with E-state index in [-0.39, 0.29) is 24.0 Å². The number of amides is 2. The first-order valence-corrected chi connectivity index (χ1v) is 8.03. The summed E-state index contributed by atoms with van der Waals surface area (Å²) in [5, 5.41) is 2.78. The third-order valence-electron chi connectivity index (χ3n) is 3.80. The Morgan fingerprint density at radius 3 is 2.23 bits per heavy atom. The number of rotatable bonds is 7. The molecule has 0 spiro atoms. The van der Waals surface area contributed by atoms with E-state index in [0.717, 1.165) is 11.3 Å². The van der Waals surface area contributed by atoms with E-state index in [0.29, 0.717) is 12.1 Å². The normalized spacial score (nSPS) is 10.5. The fraction of sp³-hybridized carbons (Fsp3) is 0.263. The highest BCUT2D eigenvalue weighted by atomic mass is 19.3. The summed E-state index contributed by atoms with van der Waals surface area (Å²) in [6, 6.07) is 13.1. The van der Waals surface area contributed by atoms with Crippen LogP contribution in [0.4, 0.5) is 20.2 Å². The summed E-state index contributed by atoms with van der Waals surface area (Å²) in [5.74, 6) is -0.152. The maximum absolute atomic E-state index is 12.1. The molecule has 2 aromatic rings. The Morgan fingerprint density at radius 1 is 1.08 bits per heavy atom. The van der Waals surface area contributed by atoms with Gasteiger partial charge in [0.2, 0.25) is 11.8 Å². The van der Waals surface area contributed by atoms with E-state index in [4.69, 9.17) is 0 Å². The van der Waals surface area contributed by atoms with E-state index >= 15 is 0 Å². The van der Waals surface area contributed by atoms with E-state index in [2.05, 4.69) is 10.1 Å². The lowest BCUT2D eigenvalue weighted by molar-refractivity contribution is -0.117. The zero-order valence-electron chi connectivity index (χ0n) is 14.5. The number of aryl methyl sites for hydroxylation is 1. The molecule has 0 unspecified atom stereocenters. The molecule has 0 saturated carbocycles. The van der Waals surface area contributed by atoms with Gasteiger partial charge >= 0.3 is 6.61 Å². The summed E-state index contributed by atoms with van der Waals surface area (Å²) in [6.45, 7) is -1.38. The summed E-state index contributed by atoms with van der Waals surface area (Å²) in [4.78, 5) is 24.8. The van der Waals surface area contributed by atoms with Crippen LogP contribution in [-0.4, -0.2) is 25.5 Å². The van der Waals surface area contributed by atoms with E-state index in [1.165, 1.54) is 24.0 Å². The molecule has 0 saturated heterocycles. The number of hydrogen-bond donors (Lipinski definition) is 1. The van der Waals surface area contributed by atoms with Crippen molar-refractivity contribution in [3.8, 4) is 5.75 Å². The Labute approximate surface area is 150 Å². The largest absolute Gasteiger partial charge is 0.435 e. The smallest absolute Gasteiger partial charge is 0.387 e. The Bertz CT molecular complexity index is 746. The van der Waals surface area contributed by atoms with Gasteiger partial charge in [0.1, 0.15) is 5.75 Å². The molecule has 138 valence electrons. The topological polar surface area (TPSA) is 58.6 Å². The average Bonchev–Trinajstić information content (AvgIpc) is 2.60. The van der Waals surface area contributed by atoms with Crippen LogP contribution in [0.1, 0.15) is 18.9 Å². The molecule has 0 fully saturated rings. The number of halogens is 2. The van der Waals surface area contributed by atoms with E-state index in [1.54, 1.807) is 43.4 Å². The molecule has 26 heavy (non-hydrogen) atoms. The van der Waals surface area contributed by atoms with Crippen LogP contribution in [0.25, 0.3) is 0 Å². The number of carbonyl (C=O) groups excluding carboxylic acids is 2. The lowest BCUT2D eigenvalue weighted by atomic mass is 10.1. The van der Waals surface area contributed by atoms with Crippen LogP contribution < -0.4 is 15.0 Å². The number of hydrogen-bond acceptors (Lipinski definition) is 3. The molecule has 0 aliphatic heterocycles. The highest BCUT2D eigenvalue weighted by molar-refractivity contribution is 5.93. The molecule has 2 amide bonds. The lowest BCUT2D eigenvalue weighted by Gasteiger charge is -2.15. The molecule has 0 bridgehead atoms. The van der Waals surface area contributed by atoms with Crippen molar-refractivity contribution in [1.29, 1.82) is 0 Å². The van der Waals surface area contributed by atoms with Crippen molar-refractivity contribution in [3.63, 3.8) is 0 Å². The number of nitrogens with zero attached hydrogens (tertiary/aromatic N) is 1. The second-order valence-corrected chi connectivity index (χ2v) is 5.70. The van der Waals surface area contributed by atoms with E-state index in [9.17, 15) is 18.4 Å². The summed E-state index contributed by atoms with van der Waals surface area (Å²) in [5.41, 5.74) is 2.22. The molecule has 2 rings (SSSR count). The summed E-state index contributed by atoms with van der Waals surface area (Å²) in [6.07, 6.45) is 0.732. The van der Waals surface area contributed by atoms with Crippen LogP contribution in [-0.2, 0) is 16.0 Å². The second-order valence-electron chi connectivity index (χ2n) is 5.70. The molecule has 2 aromatic carbocycles. The third-order valence-corrected chi connectivity index (χ3v) is 3.80. The van der Waals surface area contributed by atoms with Gasteiger partial charge in [-0.1, -0.05) is 12.1 Å². The average molecular weight is 362 g/mol. The SMILES string of the molecule is CC(=O)N(C)c1ccc(NC(=O)CCc2ccc(OC(F)F)cc2)cc1. The maximum Gasteiger partial charge on any atom is 0.387 e.